The molecule has 5 nitrogen and oxygen atoms in total. The fourth-order valence-corrected chi connectivity index (χ4v) is 2.92. The molecular formula is C18H20ClN3O2. The van der Waals surface area contributed by atoms with Crippen LogP contribution in [0.4, 0.5) is 5.69 Å². The number of rotatable bonds is 4. The number of aromatic nitrogens is 1. The molecule has 0 aliphatic carbocycles. The van der Waals surface area contributed by atoms with Crippen LogP contribution in [0.15, 0.2) is 36.5 Å². The number of aryl methyl sites for hydroxylation is 1. The first-order chi connectivity index (χ1) is 11.6. The number of nitrogens with zero attached hydrogens (tertiary/aromatic N) is 2. The molecule has 1 aliphatic heterocycles. The molecule has 0 saturated carbocycles. The van der Waals surface area contributed by atoms with E-state index in [1.54, 1.807) is 24.4 Å². The standard InChI is InChI=1S/C18H20ClN3O2/c1-13-16(3-2-6-20-13)18(23)21-15-5-4-14(17(19)11-15)12-22-7-9-24-10-8-22/h2-6,11H,7-10,12H2,1H3,(H,21,23). The molecule has 1 amide bonds. The van der Waals surface area contributed by atoms with Crippen molar-refractivity contribution in [3.63, 3.8) is 0 Å². The Hall–Kier alpha value is -1.95. The average Bonchev–Trinajstić information content (AvgIpc) is 2.58. The summed E-state index contributed by atoms with van der Waals surface area (Å²) < 4.78 is 5.35. The molecule has 3 rings (SSSR count). The zero-order valence-corrected chi connectivity index (χ0v) is 14.3. The quantitative estimate of drug-likeness (QED) is 0.925. The molecule has 0 spiro atoms. The second-order valence-electron chi connectivity index (χ2n) is 5.79. The van der Waals surface area contributed by atoms with E-state index in [4.69, 9.17) is 16.3 Å². The summed E-state index contributed by atoms with van der Waals surface area (Å²) in [5, 5.41) is 3.53. The van der Waals surface area contributed by atoms with E-state index in [1.165, 1.54) is 0 Å². The lowest BCUT2D eigenvalue weighted by molar-refractivity contribution is 0.0342. The Morgan fingerprint density at radius 2 is 2.12 bits per heavy atom. The van der Waals surface area contributed by atoms with Crippen LogP contribution in [0.5, 0.6) is 0 Å². The van der Waals surface area contributed by atoms with Gasteiger partial charge < -0.3 is 10.1 Å². The largest absolute Gasteiger partial charge is 0.379 e. The van der Waals surface area contributed by atoms with Gasteiger partial charge in [0.1, 0.15) is 0 Å². The third kappa shape index (κ3) is 4.12. The van der Waals surface area contributed by atoms with E-state index in [2.05, 4.69) is 15.2 Å². The molecular weight excluding hydrogens is 326 g/mol. The van der Waals surface area contributed by atoms with Gasteiger partial charge in [-0.15, -0.1) is 0 Å². The molecule has 2 heterocycles. The fourth-order valence-electron chi connectivity index (χ4n) is 2.68. The number of ether oxygens (including phenoxy) is 1. The molecule has 1 aromatic carbocycles. The summed E-state index contributed by atoms with van der Waals surface area (Å²) >= 11 is 6.39. The van der Waals surface area contributed by atoms with Crippen molar-refractivity contribution in [2.24, 2.45) is 0 Å². The van der Waals surface area contributed by atoms with Gasteiger partial charge in [0.25, 0.3) is 5.91 Å². The topological polar surface area (TPSA) is 54.5 Å². The van der Waals surface area contributed by atoms with Crippen LogP contribution in [0.3, 0.4) is 0 Å². The summed E-state index contributed by atoms with van der Waals surface area (Å²) in [6.07, 6.45) is 1.67. The average molecular weight is 346 g/mol. The molecule has 0 unspecified atom stereocenters. The Labute approximate surface area is 146 Å². The highest BCUT2D eigenvalue weighted by molar-refractivity contribution is 6.31. The molecule has 1 aromatic heterocycles. The van der Waals surface area contributed by atoms with Crippen molar-refractivity contribution in [3.8, 4) is 0 Å². The Balaban J connectivity index is 1.68. The predicted molar refractivity (Wildman–Crippen MR) is 94.5 cm³/mol. The van der Waals surface area contributed by atoms with Crippen molar-refractivity contribution in [3.05, 3.63) is 58.4 Å². The second kappa shape index (κ2) is 7.75. The van der Waals surface area contributed by atoms with Crippen molar-refractivity contribution >= 4 is 23.2 Å². The van der Waals surface area contributed by atoms with Crippen molar-refractivity contribution in [2.75, 3.05) is 31.6 Å². The number of pyridine rings is 1. The van der Waals surface area contributed by atoms with E-state index in [0.717, 1.165) is 38.4 Å². The highest BCUT2D eigenvalue weighted by Gasteiger charge is 2.14. The zero-order valence-electron chi connectivity index (χ0n) is 13.6. The lowest BCUT2D eigenvalue weighted by Crippen LogP contribution is -2.35. The van der Waals surface area contributed by atoms with Gasteiger partial charge in [-0.25, -0.2) is 0 Å². The predicted octanol–water partition coefficient (Wildman–Crippen LogP) is 3.13. The molecule has 0 atom stereocenters. The molecule has 24 heavy (non-hydrogen) atoms. The summed E-state index contributed by atoms with van der Waals surface area (Å²) in [4.78, 5) is 18.8. The minimum Gasteiger partial charge on any atom is -0.379 e. The van der Waals surface area contributed by atoms with Gasteiger partial charge in [0, 0.05) is 42.2 Å². The number of hydrogen-bond acceptors (Lipinski definition) is 4. The Morgan fingerprint density at radius 3 is 2.83 bits per heavy atom. The number of hydrogen-bond donors (Lipinski definition) is 1. The lowest BCUT2D eigenvalue weighted by atomic mass is 10.1. The number of amides is 1. The van der Waals surface area contributed by atoms with Crippen LogP contribution >= 0.6 is 11.6 Å². The summed E-state index contributed by atoms with van der Waals surface area (Å²) in [6.45, 7) is 5.95. The van der Waals surface area contributed by atoms with Crippen LogP contribution in [0.1, 0.15) is 21.6 Å². The van der Waals surface area contributed by atoms with Gasteiger partial charge in [-0.3, -0.25) is 14.7 Å². The second-order valence-corrected chi connectivity index (χ2v) is 6.19. The highest BCUT2D eigenvalue weighted by Crippen LogP contribution is 2.23. The third-order valence-electron chi connectivity index (χ3n) is 4.06. The lowest BCUT2D eigenvalue weighted by Gasteiger charge is -2.27. The number of carbonyl (C=O) groups is 1. The van der Waals surface area contributed by atoms with Crippen molar-refractivity contribution in [1.29, 1.82) is 0 Å². The van der Waals surface area contributed by atoms with Gasteiger partial charge >= 0.3 is 0 Å². The third-order valence-corrected chi connectivity index (χ3v) is 4.41. The number of halogens is 1. The molecule has 2 aromatic rings. The zero-order chi connectivity index (χ0) is 16.9. The maximum atomic E-state index is 12.3. The molecule has 1 N–H and O–H groups in total. The molecule has 6 heteroatoms. The number of anilines is 1. The van der Waals surface area contributed by atoms with Gasteiger partial charge in [0.15, 0.2) is 0 Å². The summed E-state index contributed by atoms with van der Waals surface area (Å²) in [5.74, 6) is -0.183. The van der Waals surface area contributed by atoms with E-state index < -0.39 is 0 Å². The maximum absolute atomic E-state index is 12.3. The van der Waals surface area contributed by atoms with E-state index in [1.807, 2.05) is 19.1 Å². The SMILES string of the molecule is Cc1ncccc1C(=O)Nc1ccc(CN2CCOCC2)c(Cl)c1. The summed E-state index contributed by atoms with van der Waals surface area (Å²) in [7, 11) is 0. The molecule has 1 fully saturated rings. The van der Waals surface area contributed by atoms with Crippen molar-refractivity contribution < 1.29 is 9.53 Å². The van der Waals surface area contributed by atoms with Gasteiger partial charge in [-0.05, 0) is 36.8 Å². The highest BCUT2D eigenvalue weighted by atomic mass is 35.5. The fraction of sp³-hybridized carbons (Fsp3) is 0.333. The van der Waals surface area contributed by atoms with Gasteiger partial charge in [0.05, 0.1) is 18.8 Å². The van der Waals surface area contributed by atoms with E-state index >= 15 is 0 Å². The van der Waals surface area contributed by atoms with Gasteiger partial charge in [-0.1, -0.05) is 17.7 Å². The molecule has 1 aliphatic rings. The first kappa shape index (κ1) is 16.9. The van der Waals surface area contributed by atoms with Crippen LogP contribution < -0.4 is 5.32 Å². The maximum Gasteiger partial charge on any atom is 0.257 e. The van der Waals surface area contributed by atoms with Crippen LogP contribution in [-0.2, 0) is 11.3 Å². The van der Waals surface area contributed by atoms with Crippen molar-refractivity contribution in [1.82, 2.24) is 9.88 Å². The smallest absolute Gasteiger partial charge is 0.257 e. The van der Waals surface area contributed by atoms with Crippen LogP contribution in [0, 0.1) is 6.92 Å². The van der Waals surface area contributed by atoms with Crippen LogP contribution in [-0.4, -0.2) is 42.1 Å². The Kier molecular flexibility index (Phi) is 5.45. The van der Waals surface area contributed by atoms with E-state index in [0.29, 0.717) is 22.0 Å². The molecule has 0 radical (unpaired) electrons. The van der Waals surface area contributed by atoms with Crippen molar-refractivity contribution in [2.45, 2.75) is 13.5 Å². The van der Waals surface area contributed by atoms with Crippen LogP contribution in [0.25, 0.3) is 0 Å². The Morgan fingerprint density at radius 1 is 1.33 bits per heavy atom. The first-order valence-electron chi connectivity index (χ1n) is 7.95. The number of morpholine rings is 1. The first-order valence-corrected chi connectivity index (χ1v) is 8.33. The summed E-state index contributed by atoms with van der Waals surface area (Å²) in [5.41, 5.74) is 2.99. The minimum atomic E-state index is -0.183. The molecule has 0 bridgehead atoms. The van der Waals surface area contributed by atoms with Gasteiger partial charge in [0.2, 0.25) is 0 Å². The molecule has 1 saturated heterocycles. The number of carbonyl (C=O) groups excluding carboxylic acids is 1. The van der Waals surface area contributed by atoms with E-state index in [-0.39, 0.29) is 5.91 Å². The summed E-state index contributed by atoms with van der Waals surface area (Å²) in [6, 6.07) is 9.14. The number of benzene rings is 1. The molecule has 126 valence electrons. The normalized spacial score (nSPS) is 15.2. The van der Waals surface area contributed by atoms with E-state index in [9.17, 15) is 4.79 Å². The minimum absolute atomic E-state index is 0.183. The number of nitrogens with one attached hydrogen (secondary N) is 1. The van der Waals surface area contributed by atoms with Gasteiger partial charge in [-0.2, -0.15) is 0 Å². The Bertz CT molecular complexity index is 730. The monoisotopic (exact) mass is 345 g/mol. The van der Waals surface area contributed by atoms with Crippen LogP contribution in [0.2, 0.25) is 5.02 Å².